The van der Waals surface area contributed by atoms with Gasteiger partial charge in [-0.05, 0) is 26.3 Å². The zero-order valence-electron chi connectivity index (χ0n) is 13.2. The number of hydrogen-bond acceptors (Lipinski definition) is 5. The van der Waals surface area contributed by atoms with Gasteiger partial charge in [-0.2, -0.15) is 0 Å². The normalized spacial score (nSPS) is 12.8. The molecule has 0 aliphatic carbocycles. The average Bonchev–Trinajstić information content (AvgIpc) is 2.80. The summed E-state index contributed by atoms with van der Waals surface area (Å²) in [6.07, 6.45) is 0.751. The van der Waals surface area contributed by atoms with E-state index in [0.29, 0.717) is 12.5 Å². The van der Waals surface area contributed by atoms with Crippen molar-refractivity contribution >= 4 is 28.3 Å². The Kier molecular flexibility index (Phi) is 8.10. The van der Waals surface area contributed by atoms with Crippen LogP contribution in [-0.4, -0.2) is 34.0 Å². The summed E-state index contributed by atoms with van der Waals surface area (Å²) in [6.45, 7) is 5.94. The lowest BCUT2D eigenvalue weighted by atomic mass is 10.0. The number of furan rings is 1. The zero-order valence-corrected chi connectivity index (χ0v) is 14.8. The highest BCUT2D eigenvalue weighted by molar-refractivity contribution is 7.89. The SMILES string of the molecule is CNS(=O)(=O)c1cc(C(=O)NC(CN)CC(C)C)c(C)o1.Cl. The molecule has 128 valence electrons. The molecule has 1 amide bonds. The molecule has 1 rings (SSSR count). The van der Waals surface area contributed by atoms with Crippen molar-refractivity contribution in [3.8, 4) is 0 Å². The van der Waals surface area contributed by atoms with E-state index in [1.54, 1.807) is 6.92 Å². The lowest BCUT2D eigenvalue weighted by molar-refractivity contribution is 0.0932. The number of amides is 1. The average molecular weight is 354 g/mol. The first kappa shape index (κ1) is 20.9. The van der Waals surface area contributed by atoms with Crippen molar-refractivity contribution in [1.82, 2.24) is 10.0 Å². The summed E-state index contributed by atoms with van der Waals surface area (Å²) in [5, 5.41) is 2.52. The third-order valence-electron chi connectivity index (χ3n) is 3.05. The molecular formula is C13H24ClN3O4S. The lowest BCUT2D eigenvalue weighted by Gasteiger charge is -2.18. The molecule has 0 radical (unpaired) electrons. The van der Waals surface area contributed by atoms with E-state index in [4.69, 9.17) is 10.2 Å². The first-order valence-corrected chi connectivity index (χ1v) is 8.24. The van der Waals surface area contributed by atoms with Gasteiger partial charge in [0.15, 0.2) is 0 Å². The number of rotatable bonds is 7. The Labute approximate surface area is 137 Å². The predicted molar refractivity (Wildman–Crippen MR) is 86.7 cm³/mol. The molecular weight excluding hydrogens is 330 g/mol. The maximum Gasteiger partial charge on any atom is 0.273 e. The largest absolute Gasteiger partial charge is 0.448 e. The third-order valence-corrected chi connectivity index (χ3v) is 4.32. The van der Waals surface area contributed by atoms with Gasteiger partial charge in [0.2, 0.25) is 5.09 Å². The Balaban J connectivity index is 0.00000441. The minimum Gasteiger partial charge on any atom is -0.448 e. The number of sulfonamides is 1. The number of aryl methyl sites for hydroxylation is 1. The Morgan fingerprint density at radius 3 is 2.45 bits per heavy atom. The number of hydrogen-bond donors (Lipinski definition) is 3. The van der Waals surface area contributed by atoms with Crippen molar-refractivity contribution in [3.05, 3.63) is 17.4 Å². The van der Waals surface area contributed by atoms with Crippen LogP contribution < -0.4 is 15.8 Å². The highest BCUT2D eigenvalue weighted by Crippen LogP contribution is 2.19. The molecule has 1 aromatic heterocycles. The van der Waals surface area contributed by atoms with Gasteiger partial charge in [0.1, 0.15) is 5.76 Å². The van der Waals surface area contributed by atoms with Crippen molar-refractivity contribution in [1.29, 1.82) is 0 Å². The van der Waals surface area contributed by atoms with Crippen LogP contribution in [0.4, 0.5) is 0 Å². The van der Waals surface area contributed by atoms with Crippen molar-refractivity contribution in [2.45, 2.75) is 38.3 Å². The van der Waals surface area contributed by atoms with E-state index in [1.165, 1.54) is 13.1 Å². The summed E-state index contributed by atoms with van der Waals surface area (Å²) in [5.74, 6) is 0.260. The van der Waals surface area contributed by atoms with E-state index < -0.39 is 10.0 Å². The maximum atomic E-state index is 12.2. The van der Waals surface area contributed by atoms with E-state index >= 15 is 0 Å². The van der Waals surface area contributed by atoms with Gasteiger partial charge in [-0.1, -0.05) is 13.8 Å². The molecule has 0 aliphatic rings. The molecule has 9 heteroatoms. The number of carbonyl (C=O) groups excluding carboxylic acids is 1. The molecule has 1 heterocycles. The van der Waals surface area contributed by atoms with Gasteiger partial charge < -0.3 is 15.5 Å². The summed E-state index contributed by atoms with van der Waals surface area (Å²) in [5.41, 5.74) is 5.84. The van der Waals surface area contributed by atoms with E-state index in [9.17, 15) is 13.2 Å². The first-order chi connectivity index (χ1) is 9.71. The van der Waals surface area contributed by atoms with Gasteiger partial charge in [0.05, 0.1) is 5.56 Å². The number of nitrogens with one attached hydrogen (secondary N) is 2. The molecule has 1 atom stereocenters. The quantitative estimate of drug-likeness (QED) is 0.677. The van der Waals surface area contributed by atoms with E-state index in [1.807, 2.05) is 13.8 Å². The fourth-order valence-electron chi connectivity index (χ4n) is 1.96. The molecule has 0 aromatic carbocycles. The molecule has 1 unspecified atom stereocenters. The highest BCUT2D eigenvalue weighted by Gasteiger charge is 2.23. The summed E-state index contributed by atoms with van der Waals surface area (Å²) in [7, 11) is -2.43. The van der Waals surface area contributed by atoms with Crippen LogP contribution in [0.1, 0.15) is 36.4 Å². The number of carbonyl (C=O) groups is 1. The number of nitrogens with two attached hydrogens (primary N) is 1. The van der Waals surface area contributed by atoms with Gasteiger partial charge in [0, 0.05) is 18.7 Å². The summed E-state index contributed by atoms with van der Waals surface area (Å²) < 4.78 is 30.6. The predicted octanol–water partition coefficient (Wildman–Crippen LogP) is 1.02. The molecule has 22 heavy (non-hydrogen) atoms. The monoisotopic (exact) mass is 353 g/mol. The Hall–Kier alpha value is -1.09. The minimum absolute atomic E-state index is 0. The molecule has 0 aliphatic heterocycles. The van der Waals surface area contributed by atoms with Gasteiger partial charge >= 0.3 is 0 Å². The summed E-state index contributed by atoms with van der Waals surface area (Å²) in [4.78, 5) is 12.2. The van der Waals surface area contributed by atoms with E-state index in [2.05, 4.69) is 10.0 Å². The molecule has 0 fully saturated rings. The van der Waals surface area contributed by atoms with Gasteiger partial charge in [-0.15, -0.1) is 12.4 Å². The van der Waals surface area contributed by atoms with Crippen molar-refractivity contribution in [3.63, 3.8) is 0 Å². The van der Waals surface area contributed by atoms with Crippen LogP contribution >= 0.6 is 12.4 Å². The van der Waals surface area contributed by atoms with Crippen LogP contribution in [-0.2, 0) is 10.0 Å². The smallest absolute Gasteiger partial charge is 0.273 e. The van der Waals surface area contributed by atoms with E-state index in [-0.39, 0.29) is 40.8 Å². The fraction of sp³-hybridized carbons (Fsp3) is 0.615. The molecule has 7 nitrogen and oxygen atoms in total. The maximum absolute atomic E-state index is 12.2. The highest BCUT2D eigenvalue weighted by atomic mass is 35.5. The van der Waals surface area contributed by atoms with Gasteiger partial charge in [-0.3, -0.25) is 4.79 Å². The van der Waals surface area contributed by atoms with Crippen molar-refractivity contribution < 1.29 is 17.6 Å². The van der Waals surface area contributed by atoms with Gasteiger partial charge in [0.25, 0.3) is 15.9 Å². The van der Waals surface area contributed by atoms with Crippen LogP contribution in [0.3, 0.4) is 0 Å². The van der Waals surface area contributed by atoms with Crippen molar-refractivity contribution in [2.75, 3.05) is 13.6 Å². The standard InChI is InChI=1S/C13H23N3O4S.ClH/c1-8(2)5-10(7-14)16-13(17)11-6-12(20-9(11)3)21(18,19)15-4;/h6,8,10,15H,5,7,14H2,1-4H3,(H,16,17);1H. The lowest BCUT2D eigenvalue weighted by Crippen LogP contribution is -2.41. The van der Waals surface area contributed by atoms with Crippen LogP contribution in [0.2, 0.25) is 0 Å². The molecule has 0 saturated heterocycles. The van der Waals surface area contributed by atoms with Crippen LogP contribution in [0.15, 0.2) is 15.6 Å². The fourth-order valence-corrected chi connectivity index (χ4v) is 2.67. The zero-order chi connectivity index (χ0) is 16.2. The molecule has 4 N–H and O–H groups in total. The van der Waals surface area contributed by atoms with E-state index in [0.717, 1.165) is 6.42 Å². The van der Waals surface area contributed by atoms with Crippen LogP contribution in [0.5, 0.6) is 0 Å². The Morgan fingerprint density at radius 1 is 1.41 bits per heavy atom. The summed E-state index contributed by atoms with van der Waals surface area (Å²) >= 11 is 0. The topological polar surface area (TPSA) is 114 Å². The summed E-state index contributed by atoms with van der Waals surface area (Å²) in [6, 6.07) is 1.07. The molecule has 0 bridgehead atoms. The van der Waals surface area contributed by atoms with Crippen molar-refractivity contribution in [2.24, 2.45) is 11.7 Å². The second kappa shape index (κ2) is 8.52. The van der Waals surface area contributed by atoms with Crippen LogP contribution in [0, 0.1) is 12.8 Å². The Bertz CT molecular complexity index is 598. The third kappa shape index (κ3) is 5.28. The minimum atomic E-state index is -3.71. The van der Waals surface area contributed by atoms with Gasteiger partial charge in [-0.25, -0.2) is 13.1 Å². The second-order valence-electron chi connectivity index (χ2n) is 5.28. The van der Waals surface area contributed by atoms with Crippen LogP contribution in [0.25, 0.3) is 0 Å². The first-order valence-electron chi connectivity index (χ1n) is 6.76. The second-order valence-corrected chi connectivity index (χ2v) is 7.10. The Morgan fingerprint density at radius 2 is 2.00 bits per heavy atom. The number of halogens is 1. The molecule has 0 saturated carbocycles. The molecule has 1 aromatic rings. The molecule has 0 spiro atoms.